The minimum atomic E-state index is -1.29. The van der Waals surface area contributed by atoms with E-state index in [1.165, 1.54) is 32.3 Å². The summed E-state index contributed by atoms with van der Waals surface area (Å²) >= 11 is 0. The first-order valence-electron chi connectivity index (χ1n) is 6.44. The normalized spacial score (nSPS) is 17.6. The van der Waals surface area contributed by atoms with Gasteiger partial charge in [-0.15, -0.1) is 0 Å². The summed E-state index contributed by atoms with van der Waals surface area (Å²) in [7, 11) is 0. The van der Waals surface area contributed by atoms with Crippen molar-refractivity contribution in [1.82, 2.24) is 5.32 Å². The number of nitrogens with one attached hydrogen (secondary N) is 1. The predicted octanol–water partition coefficient (Wildman–Crippen LogP) is 2.40. The lowest BCUT2D eigenvalue weighted by Gasteiger charge is -2.31. The first kappa shape index (κ1) is 14.2. The molecule has 0 atom stereocenters. The fraction of sp³-hybridized carbons (Fsp3) is 0.786. The number of allylic oxidation sites excluding steroid dienone is 1. The molecule has 0 spiro atoms. The zero-order valence-corrected chi connectivity index (χ0v) is 11.5. The Balaban J connectivity index is 2.55. The number of amides is 1. The molecule has 17 heavy (non-hydrogen) atoms. The minimum absolute atomic E-state index is 0.0126. The van der Waals surface area contributed by atoms with E-state index < -0.39 is 5.60 Å². The van der Waals surface area contributed by atoms with Gasteiger partial charge in [-0.25, -0.2) is 0 Å². The standard InChI is InChI=1S/C14H25NO2/c1-13(2,11-8-6-5-7-9-11)10-15-12(16)14(3,4)17/h8,17H,5-7,9-10H2,1-4H3,(H,15,16). The third-order valence-corrected chi connectivity index (χ3v) is 3.41. The summed E-state index contributed by atoms with van der Waals surface area (Å²) in [6.45, 7) is 7.90. The summed E-state index contributed by atoms with van der Waals surface area (Å²) < 4.78 is 0. The predicted molar refractivity (Wildman–Crippen MR) is 69.6 cm³/mol. The van der Waals surface area contributed by atoms with E-state index in [2.05, 4.69) is 25.2 Å². The molecule has 0 aromatic heterocycles. The molecule has 3 heteroatoms. The molecule has 0 aliphatic heterocycles. The maximum atomic E-state index is 11.6. The van der Waals surface area contributed by atoms with E-state index in [-0.39, 0.29) is 11.3 Å². The molecule has 0 radical (unpaired) electrons. The number of hydrogen-bond donors (Lipinski definition) is 2. The highest BCUT2D eigenvalue weighted by molar-refractivity contribution is 5.83. The van der Waals surface area contributed by atoms with Gasteiger partial charge in [0.05, 0.1) is 0 Å². The highest BCUT2D eigenvalue weighted by atomic mass is 16.3. The summed E-state index contributed by atoms with van der Waals surface area (Å²) in [4.78, 5) is 11.6. The molecular formula is C14H25NO2. The molecule has 3 nitrogen and oxygen atoms in total. The van der Waals surface area contributed by atoms with Crippen molar-refractivity contribution in [3.8, 4) is 0 Å². The Morgan fingerprint density at radius 1 is 1.35 bits per heavy atom. The van der Waals surface area contributed by atoms with Crippen molar-refractivity contribution in [3.63, 3.8) is 0 Å². The van der Waals surface area contributed by atoms with Crippen LogP contribution in [0, 0.1) is 5.41 Å². The van der Waals surface area contributed by atoms with E-state index in [1.54, 1.807) is 0 Å². The molecule has 1 aliphatic rings. The van der Waals surface area contributed by atoms with Gasteiger partial charge in [0.25, 0.3) is 5.91 Å². The van der Waals surface area contributed by atoms with Gasteiger partial charge in [-0.1, -0.05) is 25.5 Å². The highest BCUT2D eigenvalue weighted by Crippen LogP contribution is 2.33. The van der Waals surface area contributed by atoms with E-state index in [0.29, 0.717) is 6.54 Å². The number of rotatable bonds is 4. The molecule has 98 valence electrons. The van der Waals surface area contributed by atoms with Crippen molar-refractivity contribution in [1.29, 1.82) is 0 Å². The maximum absolute atomic E-state index is 11.6. The minimum Gasteiger partial charge on any atom is -0.381 e. The molecule has 0 saturated heterocycles. The Bertz CT molecular complexity index is 311. The van der Waals surface area contributed by atoms with Crippen LogP contribution in [-0.4, -0.2) is 23.2 Å². The molecule has 1 rings (SSSR count). The molecule has 2 N–H and O–H groups in total. The Morgan fingerprint density at radius 3 is 2.47 bits per heavy atom. The van der Waals surface area contributed by atoms with E-state index in [0.717, 1.165) is 12.8 Å². The second kappa shape index (κ2) is 5.21. The van der Waals surface area contributed by atoms with Crippen molar-refractivity contribution in [2.75, 3.05) is 6.54 Å². The van der Waals surface area contributed by atoms with Crippen molar-refractivity contribution in [2.24, 2.45) is 5.41 Å². The summed E-state index contributed by atoms with van der Waals surface area (Å²) in [5.41, 5.74) is 0.123. The Morgan fingerprint density at radius 2 is 2.00 bits per heavy atom. The number of aliphatic hydroxyl groups is 1. The molecule has 1 amide bonds. The molecular weight excluding hydrogens is 214 g/mol. The second-order valence-corrected chi connectivity index (χ2v) is 6.10. The molecule has 1 aliphatic carbocycles. The van der Waals surface area contributed by atoms with Gasteiger partial charge < -0.3 is 10.4 Å². The van der Waals surface area contributed by atoms with E-state index in [4.69, 9.17) is 0 Å². The van der Waals surface area contributed by atoms with E-state index in [1.807, 2.05) is 0 Å². The number of hydrogen-bond acceptors (Lipinski definition) is 2. The van der Waals surface area contributed by atoms with Gasteiger partial charge in [-0.2, -0.15) is 0 Å². The molecule has 0 heterocycles. The van der Waals surface area contributed by atoms with Crippen molar-refractivity contribution >= 4 is 5.91 Å². The van der Waals surface area contributed by atoms with Gasteiger partial charge in [0.1, 0.15) is 5.60 Å². The zero-order chi connectivity index (χ0) is 13.1. The van der Waals surface area contributed by atoms with E-state index in [9.17, 15) is 9.90 Å². The average molecular weight is 239 g/mol. The SMILES string of the molecule is CC(C)(O)C(=O)NCC(C)(C)C1=CCCCC1. The number of carbonyl (C=O) groups is 1. The largest absolute Gasteiger partial charge is 0.381 e. The maximum Gasteiger partial charge on any atom is 0.251 e. The van der Waals surface area contributed by atoms with Crippen LogP contribution in [0.1, 0.15) is 53.4 Å². The second-order valence-electron chi connectivity index (χ2n) is 6.10. The van der Waals surface area contributed by atoms with Gasteiger partial charge in [0, 0.05) is 12.0 Å². The van der Waals surface area contributed by atoms with Crippen LogP contribution in [0.15, 0.2) is 11.6 Å². The molecule has 0 saturated carbocycles. The van der Waals surface area contributed by atoms with Crippen molar-refractivity contribution in [3.05, 3.63) is 11.6 Å². The third-order valence-electron chi connectivity index (χ3n) is 3.41. The lowest BCUT2D eigenvalue weighted by molar-refractivity contribution is -0.136. The summed E-state index contributed by atoms with van der Waals surface area (Å²) in [5, 5.41) is 12.4. The van der Waals surface area contributed by atoms with Gasteiger partial charge in [0.2, 0.25) is 0 Å². The zero-order valence-electron chi connectivity index (χ0n) is 11.5. The van der Waals surface area contributed by atoms with Crippen LogP contribution >= 0.6 is 0 Å². The fourth-order valence-corrected chi connectivity index (χ4v) is 2.08. The van der Waals surface area contributed by atoms with Crippen LogP contribution in [0.25, 0.3) is 0 Å². The molecule has 0 bridgehead atoms. The van der Waals surface area contributed by atoms with Crippen molar-refractivity contribution < 1.29 is 9.90 Å². The monoisotopic (exact) mass is 239 g/mol. The van der Waals surface area contributed by atoms with Gasteiger partial charge in [-0.3, -0.25) is 4.79 Å². The fourth-order valence-electron chi connectivity index (χ4n) is 2.08. The molecule has 0 aromatic rings. The van der Waals surface area contributed by atoms with Crippen LogP contribution in [0.5, 0.6) is 0 Å². The van der Waals surface area contributed by atoms with Crippen molar-refractivity contribution in [2.45, 2.75) is 59.0 Å². The summed E-state index contributed by atoms with van der Waals surface area (Å²) in [6, 6.07) is 0. The van der Waals surface area contributed by atoms with Crippen LogP contribution in [-0.2, 0) is 4.79 Å². The smallest absolute Gasteiger partial charge is 0.251 e. The molecule has 0 unspecified atom stereocenters. The van der Waals surface area contributed by atoms with Gasteiger partial charge in [0.15, 0.2) is 0 Å². The highest BCUT2D eigenvalue weighted by Gasteiger charge is 2.28. The molecule has 0 aromatic carbocycles. The third kappa shape index (κ3) is 4.15. The Hall–Kier alpha value is -0.830. The van der Waals surface area contributed by atoms with E-state index >= 15 is 0 Å². The van der Waals surface area contributed by atoms with Crippen LogP contribution in [0.4, 0.5) is 0 Å². The Kier molecular flexibility index (Phi) is 4.36. The quantitative estimate of drug-likeness (QED) is 0.740. The van der Waals surface area contributed by atoms with Crippen LogP contribution < -0.4 is 5.32 Å². The molecule has 0 fully saturated rings. The lowest BCUT2D eigenvalue weighted by Crippen LogP contribution is -2.45. The first-order chi connectivity index (χ1) is 7.73. The van der Waals surface area contributed by atoms with Gasteiger partial charge >= 0.3 is 0 Å². The van der Waals surface area contributed by atoms with Crippen LogP contribution in [0.2, 0.25) is 0 Å². The summed E-state index contributed by atoms with van der Waals surface area (Å²) in [5.74, 6) is -0.304. The lowest BCUT2D eigenvalue weighted by atomic mass is 9.78. The number of carbonyl (C=O) groups excluding carboxylic acids is 1. The Labute approximate surface area is 104 Å². The average Bonchev–Trinajstić information content (AvgIpc) is 2.26. The van der Waals surface area contributed by atoms with Crippen LogP contribution in [0.3, 0.4) is 0 Å². The van der Waals surface area contributed by atoms with Gasteiger partial charge in [-0.05, 0) is 39.5 Å². The summed E-state index contributed by atoms with van der Waals surface area (Å²) in [6.07, 6.45) is 7.10. The topological polar surface area (TPSA) is 49.3 Å². The first-order valence-corrected chi connectivity index (χ1v) is 6.44.